The molecule has 118 valence electrons. The van der Waals surface area contributed by atoms with Crippen molar-refractivity contribution in [3.63, 3.8) is 0 Å². The second-order valence-corrected chi connectivity index (χ2v) is 7.06. The van der Waals surface area contributed by atoms with Crippen molar-refractivity contribution in [2.45, 2.75) is 72.8 Å². The quantitative estimate of drug-likeness (QED) is 0.506. The molecule has 0 fully saturated rings. The summed E-state index contributed by atoms with van der Waals surface area (Å²) in [7, 11) is 0. The molecule has 0 heterocycles. The van der Waals surface area contributed by atoms with Crippen LogP contribution in [-0.4, -0.2) is 30.6 Å². The summed E-state index contributed by atoms with van der Waals surface area (Å²) in [5, 5.41) is 0. The summed E-state index contributed by atoms with van der Waals surface area (Å²) in [6, 6.07) is 0. The van der Waals surface area contributed by atoms with Crippen molar-refractivity contribution in [3.8, 4) is 0 Å². The summed E-state index contributed by atoms with van der Waals surface area (Å²) in [5.74, 6) is -0.202. The number of esters is 1. The van der Waals surface area contributed by atoms with Crippen molar-refractivity contribution in [1.29, 1.82) is 0 Å². The molecule has 0 amide bonds. The summed E-state index contributed by atoms with van der Waals surface area (Å²) in [4.78, 5) is 23.1. The second kappa shape index (κ2) is 8.40. The average molecular weight is 286 g/mol. The largest absolute Gasteiger partial charge is 0.466 e. The molecular weight excluding hydrogens is 256 g/mol. The van der Waals surface area contributed by atoms with Crippen LogP contribution in [0.1, 0.15) is 67.2 Å². The van der Waals surface area contributed by atoms with Crippen LogP contribution in [0.25, 0.3) is 0 Å². The minimum Gasteiger partial charge on any atom is -0.466 e. The Balaban J connectivity index is 3.58. The topological polar surface area (TPSA) is 52.6 Å². The molecule has 0 saturated carbocycles. The van der Waals surface area contributed by atoms with Gasteiger partial charge in [-0.25, -0.2) is 0 Å². The van der Waals surface area contributed by atoms with Gasteiger partial charge in [-0.1, -0.05) is 20.8 Å². The molecule has 20 heavy (non-hydrogen) atoms. The molecule has 0 rings (SSSR count). The van der Waals surface area contributed by atoms with E-state index < -0.39 is 0 Å². The first-order chi connectivity index (χ1) is 9.02. The van der Waals surface area contributed by atoms with Gasteiger partial charge >= 0.3 is 5.97 Å². The molecule has 0 aromatic carbocycles. The minimum absolute atomic E-state index is 0.0908. The van der Waals surface area contributed by atoms with E-state index in [1.54, 1.807) is 0 Å². The Labute approximate surface area is 123 Å². The van der Waals surface area contributed by atoms with Gasteiger partial charge in [0, 0.05) is 18.4 Å². The molecule has 0 N–H and O–H groups in total. The van der Waals surface area contributed by atoms with Crippen LogP contribution in [0.5, 0.6) is 0 Å². The van der Waals surface area contributed by atoms with E-state index in [4.69, 9.17) is 9.47 Å². The Kier molecular flexibility index (Phi) is 8.02. The standard InChI is InChI=1S/C16H30O4/c1-15(2,3)13(17)9-10-14(18)19-11-7-8-12-20-16(4,5)6/h7-12H2,1-6H3. The minimum atomic E-state index is -0.384. The van der Waals surface area contributed by atoms with E-state index in [0.717, 1.165) is 12.8 Å². The number of hydrogen-bond donors (Lipinski definition) is 0. The lowest BCUT2D eigenvalue weighted by Gasteiger charge is -2.19. The first kappa shape index (κ1) is 19.1. The predicted octanol–water partition coefficient (Wildman–Crippen LogP) is 3.52. The van der Waals surface area contributed by atoms with Gasteiger partial charge in [0.05, 0.1) is 18.6 Å². The summed E-state index contributed by atoms with van der Waals surface area (Å²) >= 11 is 0. The lowest BCUT2D eigenvalue weighted by atomic mass is 9.88. The molecule has 0 aromatic heterocycles. The number of ether oxygens (including phenoxy) is 2. The van der Waals surface area contributed by atoms with E-state index in [-0.39, 0.29) is 35.6 Å². The van der Waals surface area contributed by atoms with Crippen LogP contribution in [0.3, 0.4) is 0 Å². The van der Waals surface area contributed by atoms with Gasteiger partial charge in [0.1, 0.15) is 5.78 Å². The van der Waals surface area contributed by atoms with Gasteiger partial charge in [-0.05, 0) is 33.6 Å². The third kappa shape index (κ3) is 11.0. The van der Waals surface area contributed by atoms with Crippen molar-refractivity contribution < 1.29 is 19.1 Å². The summed E-state index contributed by atoms with van der Waals surface area (Å²) < 4.78 is 10.7. The molecule has 0 spiro atoms. The predicted molar refractivity (Wildman–Crippen MR) is 79.6 cm³/mol. The molecule has 0 aliphatic carbocycles. The monoisotopic (exact) mass is 286 g/mol. The highest BCUT2D eigenvalue weighted by molar-refractivity contribution is 5.86. The van der Waals surface area contributed by atoms with Gasteiger partial charge < -0.3 is 9.47 Å². The fourth-order valence-electron chi connectivity index (χ4n) is 1.43. The zero-order chi connectivity index (χ0) is 15.8. The Hall–Kier alpha value is -0.900. The lowest BCUT2D eigenvalue weighted by molar-refractivity contribution is -0.145. The second-order valence-electron chi connectivity index (χ2n) is 7.06. The average Bonchev–Trinajstić information content (AvgIpc) is 2.27. The van der Waals surface area contributed by atoms with E-state index in [9.17, 15) is 9.59 Å². The number of unbranched alkanes of at least 4 members (excludes halogenated alkanes) is 1. The fourth-order valence-corrected chi connectivity index (χ4v) is 1.43. The molecule has 0 radical (unpaired) electrons. The lowest BCUT2D eigenvalue weighted by Crippen LogP contribution is -2.21. The van der Waals surface area contributed by atoms with E-state index >= 15 is 0 Å². The normalized spacial score (nSPS) is 12.3. The Morgan fingerprint density at radius 3 is 1.90 bits per heavy atom. The van der Waals surface area contributed by atoms with Crippen LogP contribution >= 0.6 is 0 Å². The van der Waals surface area contributed by atoms with Gasteiger partial charge in [-0.3, -0.25) is 9.59 Å². The third-order valence-corrected chi connectivity index (χ3v) is 2.73. The van der Waals surface area contributed by atoms with Crippen LogP contribution in [0.15, 0.2) is 0 Å². The third-order valence-electron chi connectivity index (χ3n) is 2.73. The molecule has 0 aliphatic rings. The summed E-state index contributed by atoms with van der Waals surface area (Å²) in [6.07, 6.45) is 2.09. The van der Waals surface area contributed by atoms with E-state index in [2.05, 4.69) is 0 Å². The number of carbonyl (C=O) groups excluding carboxylic acids is 2. The number of rotatable bonds is 8. The first-order valence-corrected chi connectivity index (χ1v) is 7.35. The van der Waals surface area contributed by atoms with Crippen LogP contribution in [0.4, 0.5) is 0 Å². The Morgan fingerprint density at radius 1 is 0.850 bits per heavy atom. The van der Waals surface area contributed by atoms with E-state index in [0.29, 0.717) is 13.2 Å². The maximum atomic E-state index is 11.7. The van der Waals surface area contributed by atoms with Gasteiger partial charge in [0.15, 0.2) is 0 Å². The number of hydrogen-bond acceptors (Lipinski definition) is 4. The number of Topliss-reactive ketones (excluding diaryl/α,β-unsaturated/α-hetero) is 1. The highest BCUT2D eigenvalue weighted by Crippen LogP contribution is 2.17. The van der Waals surface area contributed by atoms with Crippen LogP contribution < -0.4 is 0 Å². The van der Waals surface area contributed by atoms with Crippen LogP contribution in [0.2, 0.25) is 0 Å². The van der Waals surface area contributed by atoms with Gasteiger partial charge in [0.25, 0.3) is 0 Å². The van der Waals surface area contributed by atoms with E-state index in [1.165, 1.54) is 0 Å². The molecule has 4 nitrogen and oxygen atoms in total. The molecule has 0 unspecified atom stereocenters. The van der Waals surface area contributed by atoms with Crippen LogP contribution in [0, 0.1) is 5.41 Å². The Bertz CT molecular complexity index is 307. The number of ketones is 1. The first-order valence-electron chi connectivity index (χ1n) is 7.35. The summed E-state index contributed by atoms with van der Waals surface area (Å²) in [5.41, 5.74) is -0.505. The maximum absolute atomic E-state index is 11.7. The smallest absolute Gasteiger partial charge is 0.306 e. The highest BCUT2D eigenvalue weighted by atomic mass is 16.5. The van der Waals surface area contributed by atoms with Gasteiger partial charge in [-0.15, -0.1) is 0 Å². The van der Waals surface area contributed by atoms with Crippen molar-refractivity contribution >= 4 is 11.8 Å². The van der Waals surface area contributed by atoms with Crippen molar-refractivity contribution in [3.05, 3.63) is 0 Å². The Morgan fingerprint density at radius 2 is 1.40 bits per heavy atom. The fraction of sp³-hybridized carbons (Fsp3) is 0.875. The molecular formula is C16H30O4. The van der Waals surface area contributed by atoms with Gasteiger partial charge in [0.2, 0.25) is 0 Å². The molecule has 0 atom stereocenters. The molecule has 0 saturated heterocycles. The molecule has 0 aliphatic heterocycles. The maximum Gasteiger partial charge on any atom is 0.306 e. The zero-order valence-electron chi connectivity index (χ0n) is 13.9. The zero-order valence-corrected chi connectivity index (χ0v) is 13.9. The van der Waals surface area contributed by atoms with Crippen LogP contribution in [-0.2, 0) is 19.1 Å². The number of carbonyl (C=O) groups is 2. The molecule has 4 heteroatoms. The van der Waals surface area contributed by atoms with Crippen molar-refractivity contribution in [2.75, 3.05) is 13.2 Å². The SMILES string of the molecule is CC(C)(C)OCCCCOC(=O)CCC(=O)C(C)(C)C. The van der Waals surface area contributed by atoms with E-state index in [1.807, 2.05) is 41.5 Å². The molecule has 0 bridgehead atoms. The molecule has 0 aromatic rings. The highest BCUT2D eigenvalue weighted by Gasteiger charge is 2.21. The van der Waals surface area contributed by atoms with Gasteiger partial charge in [-0.2, -0.15) is 0 Å². The van der Waals surface area contributed by atoms with Crippen molar-refractivity contribution in [2.24, 2.45) is 5.41 Å². The summed E-state index contributed by atoms with van der Waals surface area (Å²) in [6.45, 7) is 12.7. The van der Waals surface area contributed by atoms with Crippen molar-refractivity contribution in [1.82, 2.24) is 0 Å².